The molecule has 0 aromatic heterocycles. The Kier molecular flexibility index (Phi) is 4.75. The fourth-order valence-electron chi connectivity index (χ4n) is 3.26. The lowest BCUT2D eigenvalue weighted by atomic mass is 10.1. The number of ether oxygens (including phenoxy) is 1. The molecule has 0 bridgehead atoms. The van der Waals surface area contributed by atoms with E-state index < -0.39 is 17.6 Å². The minimum atomic E-state index is -0.463. The smallest absolute Gasteiger partial charge is 0.261 e. The fraction of sp³-hybridized carbons (Fsp3) is 0.474. The monoisotopic (exact) mass is 346 g/mol. The van der Waals surface area contributed by atoms with Gasteiger partial charge in [0.05, 0.1) is 24.3 Å². The Balaban J connectivity index is 1.56. The number of carbonyl (C=O) groups excluding carboxylic acids is 2. The van der Waals surface area contributed by atoms with Crippen LogP contribution in [0.2, 0.25) is 0 Å². The number of amides is 2. The average molecular weight is 346 g/mol. The zero-order chi connectivity index (χ0) is 18.2. The molecule has 1 aromatic rings. The molecule has 2 amide bonds. The highest BCUT2D eigenvalue weighted by atomic mass is 19.1. The van der Waals surface area contributed by atoms with Gasteiger partial charge in [0, 0.05) is 6.04 Å². The van der Waals surface area contributed by atoms with Gasteiger partial charge in [-0.1, -0.05) is 18.2 Å². The molecule has 1 saturated heterocycles. The molecule has 25 heavy (non-hydrogen) atoms. The summed E-state index contributed by atoms with van der Waals surface area (Å²) in [4.78, 5) is 27.6. The Hall–Kier alpha value is -2.05. The SMILES string of the molecule is CN1C(CCC=C(F)CN2C(=O)c3ccccc3C2=O)COC1(C)C. The van der Waals surface area contributed by atoms with Gasteiger partial charge in [0.1, 0.15) is 11.6 Å². The van der Waals surface area contributed by atoms with E-state index in [9.17, 15) is 14.0 Å². The van der Waals surface area contributed by atoms with Gasteiger partial charge >= 0.3 is 0 Å². The van der Waals surface area contributed by atoms with Crippen LogP contribution in [0, 0.1) is 0 Å². The highest BCUT2D eigenvalue weighted by molar-refractivity contribution is 6.21. The van der Waals surface area contributed by atoms with Crippen LogP contribution < -0.4 is 0 Å². The van der Waals surface area contributed by atoms with E-state index in [-0.39, 0.29) is 18.3 Å². The molecule has 0 radical (unpaired) electrons. The average Bonchev–Trinajstić information content (AvgIpc) is 2.98. The number of imide groups is 1. The predicted molar refractivity (Wildman–Crippen MR) is 91.8 cm³/mol. The summed E-state index contributed by atoms with van der Waals surface area (Å²) < 4.78 is 19.9. The van der Waals surface area contributed by atoms with E-state index in [0.717, 1.165) is 11.3 Å². The summed E-state index contributed by atoms with van der Waals surface area (Å²) >= 11 is 0. The third-order valence-electron chi connectivity index (χ3n) is 5.08. The molecule has 2 heterocycles. The summed E-state index contributed by atoms with van der Waals surface area (Å²) in [7, 11) is 2.00. The second-order valence-corrected chi connectivity index (χ2v) is 6.99. The maximum Gasteiger partial charge on any atom is 0.261 e. The second-order valence-electron chi connectivity index (χ2n) is 6.99. The zero-order valence-electron chi connectivity index (χ0n) is 14.8. The van der Waals surface area contributed by atoms with Gasteiger partial charge < -0.3 is 4.74 Å². The van der Waals surface area contributed by atoms with Crippen LogP contribution in [0.5, 0.6) is 0 Å². The van der Waals surface area contributed by atoms with Crippen molar-refractivity contribution in [1.82, 2.24) is 9.80 Å². The summed E-state index contributed by atoms with van der Waals surface area (Å²) in [5.41, 5.74) is 0.382. The first kappa shape index (κ1) is 17.8. The lowest BCUT2D eigenvalue weighted by Crippen LogP contribution is -2.40. The Morgan fingerprint density at radius 1 is 1.28 bits per heavy atom. The van der Waals surface area contributed by atoms with E-state index in [0.29, 0.717) is 24.2 Å². The lowest BCUT2D eigenvalue weighted by molar-refractivity contribution is -0.0414. The zero-order valence-corrected chi connectivity index (χ0v) is 14.8. The van der Waals surface area contributed by atoms with E-state index in [1.165, 1.54) is 6.08 Å². The Bertz CT molecular complexity index is 694. The van der Waals surface area contributed by atoms with Crippen molar-refractivity contribution in [3.63, 3.8) is 0 Å². The molecule has 0 aliphatic carbocycles. The molecule has 6 heteroatoms. The van der Waals surface area contributed by atoms with Gasteiger partial charge in [-0.15, -0.1) is 0 Å². The van der Waals surface area contributed by atoms with Gasteiger partial charge in [0.15, 0.2) is 0 Å². The topological polar surface area (TPSA) is 49.9 Å². The van der Waals surface area contributed by atoms with Crippen molar-refractivity contribution < 1.29 is 18.7 Å². The summed E-state index contributed by atoms with van der Waals surface area (Å²) in [6.45, 7) is 4.32. The molecule has 2 aliphatic heterocycles. The molecule has 0 spiro atoms. The first-order valence-corrected chi connectivity index (χ1v) is 8.48. The Morgan fingerprint density at radius 2 is 1.88 bits per heavy atom. The van der Waals surface area contributed by atoms with E-state index in [1.54, 1.807) is 24.3 Å². The quantitative estimate of drug-likeness (QED) is 0.769. The number of likely N-dealkylation sites (N-methyl/N-ethyl adjacent to an activating group) is 1. The molecule has 1 unspecified atom stereocenters. The number of rotatable bonds is 5. The molecule has 3 rings (SSSR count). The van der Waals surface area contributed by atoms with Gasteiger partial charge in [0.2, 0.25) is 0 Å². The Labute approximate surface area is 147 Å². The molecule has 1 fully saturated rings. The first-order chi connectivity index (χ1) is 11.8. The molecular formula is C19H23FN2O3. The summed E-state index contributed by atoms with van der Waals surface area (Å²) in [6, 6.07) is 6.81. The van der Waals surface area contributed by atoms with Gasteiger partial charge in [-0.2, -0.15) is 0 Å². The molecule has 0 N–H and O–H groups in total. The molecule has 134 valence electrons. The van der Waals surface area contributed by atoms with Crippen LogP contribution in [-0.2, 0) is 4.74 Å². The number of nitrogens with zero attached hydrogens (tertiary/aromatic N) is 2. The largest absolute Gasteiger partial charge is 0.359 e. The highest BCUT2D eigenvalue weighted by Crippen LogP contribution is 2.28. The molecule has 1 aromatic carbocycles. The summed E-state index contributed by atoms with van der Waals surface area (Å²) in [5.74, 6) is -1.33. The molecule has 0 saturated carbocycles. The van der Waals surface area contributed by atoms with Gasteiger partial charge in [-0.3, -0.25) is 19.4 Å². The van der Waals surface area contributed by atoms with Crippen LogP contribution in [0.1, 0.15) is 47.4 Å². The standard InChI is InChI=1S/C19H23FN2O3/c1-19(2)21(3)14(12-25-19)8-6-7-13(20)11-22-17(23)15-9-4-5-10-16(15)18(22)24/h4-5,7,9-10,14H,6,8,11-12H2,1-3H3. The number of hydrogen-bond acceptors (Lipinski definition) is 4. The van der Waals surface area contributed by atoms with Crippen LogP contribution >= 0.6 is 0 Å². The van der Waals surface area contributed by atoms with Crippen LogP contribution in [-0.4, -0.2) is 53.6 Å². The number of fused-ring (bicyclic) bond motifs is 1. The van der Waals surface area contributed by atoms with Crippen molar-refractivity contribution in [2.24, 2.45) is 0 Å². The third kappa shape index (κ3) is 3.37. The van der Waals surface area contributed by atoms with Crippen LogP contribution in [0.15, 0.2) is 36.2 Å². The van der Waals surface area contributed by atoms with Gasteiger partial charge in [0.25, 0.3) is 11.8 Å². The van der Waals surface area contributed by atoms with Crippen molar-refractivity contribution in [2.45, 2.75) is 38.5 Å². The normalized spacial score (nSPS) is 23.4. The van der Waals surface area contributed by atoms with Crippen molar-refractivity contribution >= 4 is 11.8 Å². The fourth-order valence-corrected chi connectivity index (χ4v) is 3.26. The second kappa shape index (κ2) is 6.69. The Morgan fingerprint density at radius 3 is 2.40 bits per heavy atom. The van der Waals surface area contributed by atoms with E-state index >= 15 is 0 Å². The van der Waals surface area contributed by atoms with Crippen molar-refractivity contribution in [3.8, 4) is 0 Å². The minimum Gasteiger partial charge on any atom is -0.359 e. The lowest BCUT2D eigenvalue weighted by Gasteiger charge is -2.29. The number of hydrogen-bond donors (Lipinski definition) is 0. The third-order valence-corrected chi connectivity index (χ3v) is 5.08. The molecular weight excluding hydrogens is 323 g/mol. The van der Waals surface area contributed by atoms with Gasteiger partial charge in [-0.25, -0.2) is 4.39 Å². The van der Waals surface area contributed by atoms with Crippen LogP contribution in [0.25, 0.3) is 0 Å². The van der Waals surface area contributed by atoms with Crippen molar-refractivity contribution in [3.05, 3.63) is 47.3 Å². The maximum absolute atomic E-state index is 14.2. The van der Waals surface area contributed by atoms with Crippen LogP contribution in [0.4, 0.5) is 4.39 Å². The number of allylic oxidation sites excluding steroid dienone is 1. The summed E-state index contributed by atoms with van der Waals surface area (Å²) in [6.07, 6.45) is 2.75. The highest BCUT2D eigenvalue weighted by Gasteiger charge is 2.37. The minimum absolute atomic E-state index is 0.235. The molecule has 1 atom stereocenters. The first-order valence-electron chi connectivity index (χ1n) is 8.48. The number of benzene rings is 1. The molecule has 5 nitrogen and oxygen atoms in total. The van der Waals surface area contributed by atoms with Crippen molar-refractivity contribution in [2.75, 3.05) is 20.2 Å². The molecule has 2 aliphatic rings. The maximum atomic E-state index is 14.2. The number of halogens is 1. The van der Waals surface area contributed by atoms with E-state index in [1.807, 2.05) is 20.9 Å². The van der Waals surface area contributed by atoms with Crippen molar-refractivity contribution in [1.29, 1.82) is 0 Å². The van der Waals surface area contributed by atoms with Crippen LogP contribution in [0.3, 0.4) is 0 Å². The van der Waals surface area contributed by atoms with E-state index in [2.05, 4.69) is 4.90 Å². The van der Waals surface area contributed by atoms with E-state index in [4.69, 9.17) is 4.74 Å². The predicted octanol–water partition coefficient (Wildman–Crippen LogP) is 2.98. The summed E-state index contributed by atoms with van der Waals surface area (Å²) in [5, 5.41) is 0. The van der Waals surface area contributed by atoms with Gasteiger partial charge in [-0.05, 0) is 45.9 Å². The number of carbonyl (C=O) groups is 2.